The maximum atomic E-state index is 13.8. The van der Waals surface area contributed by atoms with Crippen molar-refractivity contribution in [2.75, 3.05) is 91.6 Å². The van der Waals surface area contributed by atoms with E-state index in [4.69, 9.17) is 0 Å². The summed E-state index contributed by atoms with van der Waals surface area (Å²) in [6.45, 7) is 11.3. The van der Waals surface area contributed by atoms with Crippen LogP contribution in [0.3, 0.4) is 0 Å². The normalized spacial score (nSPS) is 21.2. The Labute approximate surface area is 354 Å². The minimum Gasteiger partial charge on any atom is -0.353 e. The first-order valence-electron chi connectivity index (χ1n) is 23.0. The molecule has 6 amide bonds. The third-order valence-electron chi connectivity index (χ3n) is 13.9. The molecule has 2 aromatic carbocycles. The van der Waals surface area contributed by atoms with Gasteiger partial charge in [0.25, 0.3) is 23.6 Å². The SMILES string of the molecule is O=C(CCCN1CCN(CCCN2C(=O)c3ccc4c5c(ccc(c35)C2=O)C(=O)N(CCCN2CCN(CCCC(=O)NC3CCCC3)CC2)C4=O)CC1)NC1CCCC1. The zero-order valence-electron chi connectivity index (χ0n) is 35.4. The fraction of sp³-hybridized carbons (Fsp3) is 0.652. The highest BCUT2D eigenvalue weighted by molar-refractivity contribution is 6.33. The summed E-state index contributed by atoms with van der Waals surface area (Å²) in [6.07, 6.45) is 13.4. The molecule has 0 aromatic heterocycles. The van der Waals surface area contributed by atoms with Crippen LogP contribution in [0.2, 0.25) is 0 Å². The monoisotopic (exact) mass is 824 g/mol. The molecule has 0 spiro atoms. The van der Waals surface area contributed by atoms with Crippen LogP contribution in [-0.2, 0) is 9.59 Å². The van der Waals surface area contributed by atoms with Gasteiger partial charge in [-0.25, -0.2) is 0 Å². The third kappa shape index (κ3) is 9.77. The molecule has 2 saturated carbocycles. The smallest absolute Gasteiger partial charge is 0.261 e. The predicted molar refractivity (Wildman–Crippen MR) is 229 cm³/mol. The summed E-state index contributed by atoms with van der Waals surface area (Å²) in [6, 6.07) is 7.34. The predicted octanol–water partition coefficient (Wildman–Crippen LogP) is 3.73. The van der Waals surface area contributed by atoms with E-state index in [1.165, 1.54) is 35.5 Å². The second-order valence-electron chi connectivity index (χ2n) is 18.0. The second kappa shape index (κ2) is 19.6. The number of imide groups is 2. The molecule has 14 heteroatoms. The lowest BCUT2D eigenvalue weighted by molar-refractivity contribution is -0.122. The van der Waals surface area contributed by atoms with E-state index < -0.39 is 0 Å². The van der Waals surface area contributed by atoms with E-state index >= 15 is 0 Å². The average molecular weight is 825 g/mol. The maximum Gasteiger partial charge on any atom is 0.261 e. The van der Waals surface area contributed by atoms with Crippen LogP contribution in [0.4, 0.5) is 0 Å². The molecule has 8 rings (SSSR count). The van der Waals surface area contributed by atoms with Gasteiger partial charge in [-0.2, -0.15) is 0 Å². The Morgan fingerprint density at radius 1 is 0.433 bits per heavy atom. The summed E-state index contributed by atoms with van der Waals surface area (Å²) < 4.78 is 0. The largest absolute Gasteiger partial charge is 0.353 e. The van der Waals surface area contributed by atoms with E-state index in [2.05, 4.69) is 30.2 Å². The highest BCUT2D eigenvalue weighted by atomic mass is 16.2. The molecule has 2 saturated heterocycles. The Kier molecular flexibility index (Phi) is 13.9. The Morgan fingerprint density at radius 3 is 1.02 bits per heavy atom. The molecular weight excluding hydrogens is 761 g/mol. The molecule has 4 heterocycles. The lowest BCUT2D eigenvalue weighted by atomic mass is 9.86. The van der Waals surface area contributed by atoms with Crippen molar-refractivity contribution in [3.05, 3.63) is 46.5 Å². The van der Waals surface area contributed by atoms with Crippen LogP contribution >= 0.6 is 0 Å². The minimum atomic E-state index is -0.384. The first-order valence-corrected chi connectivity index (χ1v) is 23.0. The van der Waals surface area contributed by atoms with Crippen molar-refractivity contribution in [2.24, 2.45) is 0 Å². The average Bonchev–Trinajstić information content (AvgIpc) is 3.97. The summed E-state index contributed by atoms with van der Waals surface area (Å²) in [5.74, 6) is -1.19. The molecule has 4 aliphatic heterocycles. The highest BCUT2D eigenvalue weighted by Crippen LogP contribution is 2.38. The second-order valence-corrected chi connectivity index (χ2v) is 18.0. The van der Waals surface area contributed by atoms with E-state index in [1.54, 1.807) is 24.3 Å². The first kappa shape index (κ1) is 42.5. The molecule has 2 aromatic rings. The molecule has 324 valence electrons. The van der Waals surface area contributed by atoms with Crippen molar-refractivity contribution in [3.8, 4) is 0 Å². The number of nitrogens with one attached hydrogen (secondary N) is 2. The summed E-state index contributed by atoms with van der Waals surface area (Å²) in [5.41, 5.74) is 1.43. The van der Waals surface area contributed by atoms with Gasteiger partial charge in [-0.05, 0) is 102 Å². The van der Waals surface area contributed by atoms with Crippen molar-refractivity contribution >= 4 is 46.2 Å². The lowest BCUT2D eigenvalue weighted by Gasteiger charge is -2.36. The van der Waals surface area contributed by atoms with E-state index in [0.717, 1.165) is 117 Å². The van der Waals surface area contributed by atoms with Gasteiger partial charge in [0.1, 0.15) is 0 Å². The Bertz CT molecular complexity index is 1720. The Hall–Kier alpha value is -4.24. The lowest BCUT2D eigenvalue weighted by Crippen LogP contribution is -2.48. The van der Waals surface area contributed by atoms with E-state index in [9.17, 15) is 28.8 Å². The van der Waals surface area contributed by atoms with Crippen LogP contribution in [0.5, 0.6) is 0 Å². The molecular formula is C46H64N8O6. The van der Waals surface area contributed by atoms with Gasteiger partial charge < -0.3 is 30.2 Å². The third-order valence-corrected chi connectivity index (χ3v) is 13.9. The van der Waals surface area contributed by atoms with Gasteiger partial charge in [0.2, 0.25) is 11.8 Å². The van der Waals surface area contributed by atoms with Gasteiger partial charge in [0.05, 0.1) is 0 Å². The van der Waals surface area contributed by atoms with Crippen LogP contribution in [-0.4, -0.2) is 169 Å². The number of piperazine rings is 2. The summed E-state index contributed by atoms with van der Waals surface area (Å²) in [7, 11) is 0. The maximum absolute atomic E-state index is 13.8. The first-order chi connectivity index (χ1) is 29.2. The number of carbonyl (C=O) groups is 6. The molecule has 0 radical (unpaired) electrons. The van der Waals surface area contributed by atoms with E-state index in [0.29, 0.717) is 70.8 Å². The standard InChI is InChI=1S/C46H64N8O6/c55-39(47-33-9-1-2-10-33)13-5-19-49-25-29-51(30-26-49)21-7-23-53-43(57)35-15-17-37-42-38(18-16-36(41(35)42)44(53)58)46(60)54(45(37)59)24-8-22-52-31-27-50(28-32-52)20-6-14-40(56)48-34-11-3-4-12-34/h15-18,33-34H,1-14,19-32H2,(H,47,55)(H,48,56). The van der Waals surface area contributed by atoms with Gasteiger partial charge in [-0.3, -0.25) is 38.6 Å². The Morgan fingerprint density at radius 2 is 0.717 bits per heavy atom. The van der Waals surface area contributed by atoms with Crippen molar-refractivity contribution < 1.29 is 28.8 Å². The van der Waals surface area contributed by atoms with Gasteiger partial charge in [-0.1, -0.05) is 25.7 Å². The zero-order valence-corrected chi connectivity index (χ0v) is 35.4. The molecule has 2 N–H and O–H groups in total. The number of hydrogen-bond donors (Lipinski definition) is 2. The van der Waals surface area contributed by atoms with Crippen LogP contribution in [0.25, 0.3) is 10.8 Å². The quantitative estimate of drug-likeness (QED) is 0.214. The summed E-state index contributed by atoms with van der Waals surface area (Å²) in [4.78, 5) is 92.2. The molecule has 0 atom stereocenters. The molecule has 4 fully saturated rings. The fourth-order valence-electron chi connectivity index (χ4n) is 10.4. The van der Waals surface area contributed by atoms with Crippen LogP contribution in [0.1, 0.15) is 131 Å². The number of hydrogen-bond acceptors (Lipinski definition) is 10. The molecule has 0 bridgehead atoms. The van der Waals surface area contributed by atoms with Crippen molar-refractivity contribution in [2.45, 2.75) is 102 Å². The number of carbonyl (C=O) groups excluding carboxylic acids is 6. The van der Waals surface area contributed by atoms with Crippen molar-refractivity contribution in [1.82, 2.24) is 40.0 Å². The van der Waals surface area contributed by atoms with E-state index in [1.807, 2.05) is 0 Å². The Balaban J connectivity index is 0.770. The topological polar surface area (TPSA) is 146 Å². The molecule has 0 unspecified atom stereocenters. The molecule has 60 heavy (non-hydrogen) atoms. The summed E-state index contributed by atoms with van der Waals surface area (Å²) >= 11 is 0. The van der Waals surface area contributed by atoms with Crippen LogP contribution in [0, 0.1) is 0 Å². The number of nitrogens with zero attached hydrogens (tertiary/aromatic N) is 6. The molecule has 2 aliphatic carbocycles. The highest BCUT2D eigenvalue weighted by Gasteiger charge is 2.39. The van der Waals surface area contributed by atoms with Gasteiger partial charge >= 0.3 is 0 Å². The van der Waals surface area contributed by atoms with Crippen LogP contribution < -0.4 is 10.6 Å². The fourth-order valence-corrected chi connectivity index (χ4v) is 10.4. The van der Waals surface area contributed by atoms with Gasteiger partial charge in [0, 0.05) is 123 Å². The van der Waals surface area contributed by atoms with Crippen LogP contribution in [0.15, 0.2) is 24.3 Å². The molecule has 6 aliphatic rings. The van der Waals surface area contributed by atoms with Gasteiger partial charge in [0.15, 0.2) is 0 Å². The number of amides is 6. The minimum absolute atomic E-state index is 0.173. The van der Waals surface area contributed by atoms with E-state index in [-0.39, 0.29) is 48.5 Å². The molecule has 14 nitrogen and oxygen atoms in total. The van der Waals surface area contributed by atoms with Gasteiger partial charge in [-0.15, -0.1) is 0 Å². The number of benzene rings is 2. The van der Waals surface area contributed by atoms with Crippen molar-refractivity contribution in [3.63, 3.8) is 0 Å². The number of rotatable bonds is 18. The summed E-state index contributed by atoms with van der Waals surface area (Å²) in [5, 5.41) is 7.18. The van der Waals surface area contributed by atoms with Crippen molar-refractivity contribution in [1.29, 1.82) is 0 Å². The zero-order chi connectivity index (χ0) is 41.6.